The van der Waals surface area contributed by atoms with Crippen molar-refractivity contribution in [3.63, 3.8) is 0 Å². The molecule has 0 saturated carbocycles. The Labute approximate surface area is 118 Å². The second-order valence-corrected chi connectivity index (χ2v) is 6.34. The number of nitro benzene ring substituents is 1. The van der Waals surface area contributed by atoms with E-state index in [1.54, 1.807) is 13.8 Å². The van der Waals surface area contributed by atoms with Crippen LogP contribution in [0.1, 0.15) is 25.8 Å². The molecule has 0 fully saturated rings. The van der Waals surface area contributed by atoms with Gasteiger partial charge in [0.2, 0.25) is 10.0 Å². The molecule has 0 atom stereocenters. The van der Waals surface area contributed by atoms with Gasteiger partial charge in [-0.2, -0.15) is 4.31 Å². The third kappa shape index (κ3) is 3.07. The zero-order valence-electron chi connectivity index (χ0n) is 11.8. The third-order valence-electron chi connectivity index (χ3n) is 2.96. The second kappa shape index (κ2) is 6.19. The van der Waals surface area contributed by atoms with E-state index in [9.17, 15) is 18.5 Å². The molecule has 0 aliphatic heterocycles. The highest BCUT2D eigenvalue weighted by molar-refractivity contribution is 7.89. The van der Waals surface area contributed by atoms with Crippen molar-refractivity contribution in [1.82, 2.24) is 4.31 Å². The van der Waals surface area contributed by atoms with E-state index in [-0.39, 0.29) is 16.3 Å². The fourth-order valence-electron chi connectivity index (χ4n) is 1.97. The summed E-state index contributed by atoms with van der Waals surface area (Å²) in [5, 5.41) is 10.9. The molecule has 20 heavy (non-hydrogen) atoms. The molecule has 8 heteroatoms. The van der Waals surface area contributed by atoms with Crippen LogP contribution in [0.3, 0.4) is 0 Å². The lowest BCUT2D eigenvalue weighted by atomic mass is 10.2. The maximum atomic E-state index is 12.5. The first-order chi connectivity index (χ1) is 9.25. The van der Waals surface area contributed by atoms with E-state index in [1.807, 2.05) is 6.92 Å². The molecule has 0 spiro atoms. The number of benzene rings is 1. The zero-order chi connectivity index (χ0) is 15.5. The van der Waals surface area contributed by atoms with Gasteiger partial charge in [0.15, 0.2) is 0 Å². The highest BCUT2D eigenvalue weighted by Crippen LogP contribution is 2.30. The summed E-state index contributed by atoms with van der Waals surface area (Å²) in [4.78, 5) is 10.2. The quantitative estimate of drug-likeness (QED) is 0.490. The van der Waals surface area contributed by atoms with Gasteiger partial charge in [-0.3, -0.25) is 10.1 Å². The van der Waals surface area contributed by atoms with Gasteiger partial charge in [0.25, 0.3) is 5.69 Å². The Hall–Kier alpha value is -1.67. The molecule has 1 aromatic carbocycles. The van der Waals surface area contributed by atoms with Crippen LogP contribution < -0.4 is 5.73 Å². The summed E-state index contributed by atoms with van der Waals surface area (Å²) >= 11 is 0. The Morgan fingerprint density at radius 2 is 1.95 bits per heavy atom. The zero-order valence-corrected chi connectivity index (χ0v) is 12.6. The number of nitrogen functional groups attached to an aromatic ring is 1. The van der Waals surface area contributed by atoms with E-state index in [1.165, 1.54) is 10.4 Å². The summed E-state index contributed by atoms with van der Waals surface area (Å²) in [6.07, 6.45) is 0.670. The molecule has 112 valence electrons. The number of anilines is 1. The number of rotatable bonds is 6. The number of hydrogen-bond donors (Lipinski definition) is 1. The van der Waals surface area contributed by atoms with Crippen molar-refractivity contribution < 1.29 is 13.3 Å². The lowest BCUT2D eigenvalue weighted by Gasteiger charge is -2.21. The van der Waals surface area contributed by atoms with E-state index < -0.39 is 14.9 Å². The molecule has 2 N–H and O–H groups in total. The van der Waals surface area contributed by atoms with Gasteiger partial charge in [-0.05, 0) is 25.0 Å². The van der Waals surface area contributed by atoms with Crippen molar-refractivity contribution in [2.45, 2.75) is 32.1 Å². The van der Waals surface area contributed by atoms with E-state index in [2.05, 4.69) is 0 Å². The molecule has 0 aliphatic rings. The number of nitro groups is 1. The Morgan fingerprint density at radius 1 is 1.35 bits per heavy atom. The third-order valence-corrected chi connectivity index (χ3v) is 5.08. The van der Waals surface area contributed by atoms with Crippen molar-refractivity contribution in [2.75, 3.05) is 18.8 Å². The normalized spacial score (nSPS) is 11.8. The average molecular weight is 301 g/mol. The number of sulfonamides is 1. The summed E-state index contributed by atoms with van der Waals surface area (Å²) in [5.41, 5.74) is 5.53. The Morgan fingerprint density at radius 3 is 2.40 bits per heavy atom. The van der Waals surface area contributed by atoms with Crippen LogP contribution in [-0.4, -0.2) is 30.7 Å². The maximum Gasteiger partial charge on any atom is 0.293 e. The van der Waals surface area contributed by atoms with Gasteiger partial charge in [0, 0.05) is 19.2 Å². The van der Waals surface area contributed by atoms with Crippen LogP contribution in [0, 0.1) is 17.0 Å². The minimum atomic E-state index is -3.74. The lowest BCUT2D eigenvalue weighted by molar-refractivity contribution is -0.384. The fourth-order valence-corrected chi connectivity index (χ4v) is 3.74. The Balaban J connectivity index is 3.45. The maximum absolute atomic E-state index is 12.5. The van der Waals surface area contributed by atoms with E-state index in [0.29, 0.717) is 25.1 Å². The molecule has 0 bridgehead atoms. The first-order valence-electron chi connectivity index (χ1n) is 6.30. The predicted octanol–water partition coefficient (Wildman–Crippen LogP) is 1.91. The van der Waals surface area contributed by atoms with E-state index in [4.69, 9.17) is 5.73 Å². The summed E-state index contributed by atoms with van der Waals surface area (Å²) < 4.78 is 26.3. The fraction of sp³-hybridized carbons (Fsp3) is 0.500. The molecule has 0 saturated heterocycles. The first kappa shape index (κ1) is 16.4. The molecule has 0 aliphatic carbocycles. The van der Waals surface area contributed by atoms with Gasteiger partial charge in [-0.1, -0.05) is 13.8 Å². The largest absolute Gasteiger partial charge is 0.393 e. The molecule has 0 amide bonds. The Kier molecular flexibility index (Phi) is 5.07. The molecule has 7 nitrogen and oxygen atoms in total. The van der Waals surface area contributed by atoms with Crippen molar-refractivity contribution in [1.29, 1.82) is 0 Å². The van der Waals surface area contributed by atoms with Crippen LogP contribution in [-0.2, 0) is 10.0 Å². The van der Waals surface area contributed by atoms with Crippen LogP contribution in [0.25, 0.3) is 0 Å². The molecule has 0 unspecified atom stereocenters. The van der Waals surface area contributed by atoms with Crippen LogP contribution in [0.15, 0.2) is 17.0 Å². The van der Waals surface area contributed by atoms with Crippen molar-refractivity contribution in [3.05, 3.63) is 27.8 Å². The van der Waals surface area contributed by atoms with Crippen molar-refractivity contribution in [3.8, 4) is 0 Å². The minimum Gasteiger partial charge on any atom is -0.393 e. The summed E-state index contributed by atoms with van der Waals surface area (Å²) in [6.45, 7) is 5.86. The monoisotopic (exact) mass is 301 g/mol. The van der Waals surface area contributed by atoms with Gasteiger partial charge >= 0.3 is 0 Å². The SMILES string of the molecule is CCCN(CC)S(=O)(=O)c1cc([N+](=O)[O-])c(N)cc1C. The highest BCUT2D eigenvalue weighted by atomic mass is 32.2. The molecular weight excluding hydrogens is 282 g/mol. The molecule has 1 aromatic rings. The van der Waals surface area contributed by atoms with Gasteiger partial charge in [0.1, 0.15) is 5.69 Å². The number of hydrogen-bond acceptors (Lipinski definition) is 5. The van der Waals surface area contributed by atoms with Crippen LogP contribution in [0.2, 0.25) is 0 Å². The van der Waals surface area contributed by atoms with Crippen molar-refractivity contribution in [2.24, 2.45) is 0 Å². The van der Waals surface area contributed by atoms with Crippen LogP contribution in [0.5, 0.6) is 0 Å². The van der Waals surface area contributed by atoms with Gasteiger partial charge in [-0.15, -0.1) is 0 Å². The van der Waals surface area contributed by atoms with E-state index in [0.717, 1.165) is 6.07 Å². The topological polar surface area (TPSA) is 107 Å². The molecule has 0 heterocycles. The number of aryl methyl sites for hydroxylation is 1. The standard InChI is InChI=1S/C12H19N3O4S/c1-4-6-14(5-2)20(18,19)12-8-11(15(16)17)10(13)7-9(12)3/h7-8H,4-6,13H2,1-3H3. The number of nitrogens with two attached hydrogens (primary N) is 1. The average Bonchev–Trinajstić information content (AvgIpc) is 2.34. The highest BCUT2D eigenvalue weighted by Gasteiger charge is 2.27. The van der Waals surface area contributed by atoms with Crippen LogP contribution in [0.4, 0.5) is 11.4 Å². The summed E-state index contributed by atoms with van der Waals surface area (Å²) in [7, 11) is -3.74. The second-order valence-electron chi connectivity index (χ2n) is 4.43. The minimum absolute atomic E-state index is 0.0370. The number of nitrogens with zero attached hydrogens (tertiary/aromatic N) is 2. The molecule has 0 aromatic heterocycles. The lowest BCUT2D eigenvalue weighted by Crippen LogP contribution is -2.32. The molecule has 1 rings (SSSR count). The van der Waals surface area contributed by atoms with Gasteiger partial charge < -0.3 is 5.73 Å². The van der Waals surface area contributed by atoms with E-state index >= 15 is 0 Å². The van der Waals surface area contributed by atoms with Crippen molar-refractivity contribution >= 4 is 21.4 Å². The van der Waals surface area contributed by atoms with Crippen LogP contribution >= 0.6 is 0 Å². The summed E-state index contributed by atoms with van der Waals surface area (Å²) in [6, 6.07) is 2.36. The molecule has 0 radical (unpaired) electrons. The first-order valence-corrected chi connectivity index (χ1v) is 7.74. The smallest absolute Gasteiger partial charge is 0.293 e. The predicted molar refractivity (Wildman–Crippen MR) is 77.0 cm³/mol. The summed E-state index contributed by atoms with van der Waals surface area (Å²) in [5.74, 6) is 0. The van der Waals surface area contributed by atoms with Gasteiger partial charge in [-0.25, -0.2) is 8.42 Å². The Bertz CT molecular complexity index is 613. The molecular formula is C12H19N3O4S. The van der Waals surface area contributed by atoms with Gasteiger partial charge in [0.05, 0.1) is 9.82 Å².